The van der Waals surface area contributed by atoms with Crippen molar-refractivity contribution in [3.8, 4) is 0 Å². The van der Waals surface area contributed by atoms with Gasteiger partial charge in [0, 0.05) is 6.21 Å². The smallest absolute Gasteiger partial charge is 0.155 e. The molecule has 0 atom stereocenters. The standard InChI is InChI=1S/C6H8N4O/c11-10-5-8-4-9-2-1-7-3-6(9)10/h1,3,5,11H,2,4H2. The maximum atomic E-state index is 9.20. The van der Waals surface area contributed by atoms with Crippen LogP contribution in [0.3, 0.4) is 0 Å². The molecule has 2 heterocycles. The Balaban J connectivity index is 2.29. The number of fused-ring (bicyclic) bond motifs is 1. The van der Waals surface area contributed by atoms with E-state index in [4.69, 9.17) is 0 Å². The maximum absolute atomic E-state index is 9.20. The molecule has 2 aliphatic rings. The van der Waals surface area contributed by atoms with Gasteiger partial charge >= 0.3 is 0 Å². The van der Waals surface area contributed by atoms with Crippen molar-refractivity contribution in [3.05, 3.63) is 12.0 Å². The van der Waals surface area contributed by atoms with E-state index in [0.29, 0.717) is 19.0 Å². The second-order valence-electron chi connectivity index (χ2n) is 2.33. The molecule has 0 aliphatic carbocycles. The first kappa shape index (κ1) is 6.36. The van der Waals surface area contributed by atoms with Crippen molar-refractivity contribution >= 4 is 12.6 Å². The Labute approximate surface area is 63.9 Å². The average Bonchev–Trinajstić information content (AvgIpc) is 2.06. The van der Waals surface area contributed by atoms with Crippen LogP contribution in [0, 0.1) is 0 Å². The summed E-state index contributed by atoms with van der Waals surface area (Å²) in [7, 11) is 0. The zero-order chi connectivity index (χ0) is 7.68. The van der Waals surface area contributed by atoms with Crippen LogP contribution in [0.15, 0.2) is 22.0 Å². The van der Waals surface area contributed by atoms with Gasteiger partial charge in [0.1, 0.15) is 13.0 Å². The van der Waals surface area contributed by atoms with E-state index in [-0.39, 0.29) is 0 Å². The van der Waals surface area contributed by atoms with Crippen molar-refractivity contribution in [1.29, 1.82) is 0 Å². The number of hydrogen-bond donors (Lipinski definition) is 1. The van der Waals surface area contributed by atoms with Gasteiger partial charge in [-0.25, -0.2) is 0 Å². The molecule has 0 saturated heterocycles. The zero-order valence-electron chi connectivity index (χ0n) is 5.88. The lowest BCUT2D eigenvalue weighted by atomic mass is 10.4. The third-order valence-electron chi connectivity index (χ3n) is 1.60. The highest BCUT2D eigenvalue weighted by molar-refractivity contribution is 5.64. The van der Waals surface area contributed by atoms with Gasteiger partial charge in [-0.15, -0.1) is 0 Å². The summed E-state index contributed by atoms with van der Waals surface area (Å²) in [4.78, 5) is 9.75. The largest absolute Gasteiger partial charge is 0.330 e. The summed E-state index contributed by atoms with van der Waals surface area (Å²) in [6.07, 6.45) is 4.76. The molecule has 0 spiro atoms. The Morgan fingerprint density at radius 2 is 2.45 bits per heavy atom. The van der Waals surface area contributed by atoms with Crippen LogP contribution in [0.5, 0.6) is 0 Å². The van der Waals surface area contributed by atoms with Gasteiger partial charge in [0.2, 0.25) is 0 Å². The summed E-state index contributed by atoms with van der Waals surface area (Å²) in [5, 5.41) is 10.2. The molecule has 0 aromatic carbocycles. The van der Waals surface area contributed by atoms with Crippen molar-refractivity contribution in [2.75, 3.05) is 13.2 Å². The molecule has 2 rings (SSSR count). The third kappa shape index (κ3) is 0.988. The van der Waals surface area contributed by atoms with Crippen molar-refractivity contribution in [1.82, 2.24) is 9.96 Å². The van der Waals surface area contributed by atoms with Gasteiger partial charge in [-0.3, -0.25) is 15.2 Å². The van der Waals surface area contributed by atoms with Crippen LogP contribution in [0.25, 0.3) is 0 Å². The van der Waals surface area contributed by atoms with Crippen LogP contribution in [0.1, 0.15) is 0 Å². The van der Waals surface area contributed by atoms with E-state index in [9.17, 15) is 5.21 Å². The van der Waals surface area contributed by atoms with E-state index in [2.05, 4.69) is 9.98 Å². The fourth-order valence-corrected chi connectivity index (χ4v) is 1.05. The summed E-state index contributed by atoms with van der Waals surface area (Å²) in [5.41, 5.74) is 0. The topological polar surface area (TPSA) is 51.4 Å². The lowest BCUT2D eigenvalue weighted by Gasteiger charge is -2.31. The molecule has 1 N–H and O–H groups in total. The normalized spacial score (nSPS) is 21.7. The third-order valence-corrected chi connectivity index (χ3v) is 1.60. The minimum atomic E-state index is 0.592. The lowest BCUT2D eigenvalue weighted by molar-refractivity contribution is -0.0100. The first-order chi connectivity index (χ1) is 5.38. The Morgan fingerprint density at radius 1 is 1.55 bits per heavy atom. The number of nitrogens with zero attached hydrogens (tertiary/aromatic N) is 4. The van der Waals surface area contributed by atoms with Gasteiger partial charge in [0.05, 0.1) is 12.7 Å². The number of hydrogen-bond acceptors (Lipinski definition) is 5. The van der Waals surface area contributed by atoms with Gasteiger partial charge in [-0.1, -0.05) is 0 Å². The van der Waals surface area contributed by atoms with Crippen molar-refractivity contribution in [2.24, 2.45) is 9.98 Å². The summed E-state index contributed by atoms with van der Waals surface area (Å²) in [6, 6.07) is 0. The van der Waals surface area contributed by atoms with E-state index in [0.717, 1.165) is 5.06 Å². The van der Waals surface area contributed by atoms with Crippen LogP contribution < -0.4 is 0 Å². The van der Waals surface area contributed by atoms with Gasteiger partial charge in [-0.2, -0.15) is 5.06 Å². The molecule has 0 aromatic rings. The predicted octanol–water partition coefficient (Wildman–Crippen LogP) is -0.138. The summed E-state index contributed by atoms with van der Waals surface area (Å²) >= 11 is 0. The van der Waals surface area contributed by atoms with Crippen LogP contribution >= 0.6 is 0 Å². The molecule has 0 amide bonds. The predicted molar refractivity (Wildman–Crippen MR) is 40.3 cm³/mol. The molecule has 0 saturated carbocycles. The Kier molecular flexibility index (Phi) is 1.36. The van der Waals surface area contributed by atoms with E-state index in [1.165, 1.54) is 6.34 Å². The Hall–Kier alpha value is -1.36. The molecule has 11 heavy (non-hydrogen) atoms. The number of rotatable bonds is 0. The first-order valence-electron chi connectivity index (χ1n) is 3.33. The van der Waals surface area contributed by atoms with Crippen molar-refractivity contribution in [2.45, 2.75) is 0 Å². The molecule has 5 heteroatoms. The molecule has 58 valence electrons. The number of aliphatic imine (C=N–C) groups is 2. The first-order valence-corrected chi connectivity index (χ1v) is 3.33. The minimum absolute atomic E-state index is 0.592. The highest BCUT2D eigenvalue weighted by atomic mass is 16.5. The molecule has 0 bridgehead atoms. The molecule has 5 nitrogen and oxygen atoms in total. The monoisotopic (exact) mass is 152 g/mol. The molecule has 0 fully saturated rings. The number of hydroxylamine groups is 2. The SMILES string of the molecule is ON1C=NCN2CC=NC=C12. The van der Waals surface area contributed by atoms with Gasteiger partial charge in [0.15, 0.2) is 5.82 Å². The van der Waals surface area contributed by atoms with E-state index >= 15 is 0 Å². The van der Waals surface area contributed by atoms with Gasteiger partial charge < -0.3 is 4.90 Å². The molecule has 0 aromatic heterocycles. The summed E-state index contributed by atoms with van der Waals surface area (Å²) in [5.74, 6) is 0.683. The van der Waals surface area contributed by atoms with Gasteiger partial charge in [0.25, 0.3) is 0 Å². The van der Waals surface area contributed by atoms with Crippen molar-refractivity contribution in [3.63, 3.8) is 0 Å². The summed E-state index contributed by atoms with van der Waals surface area (Å²) < 4.78 is 0. The molecular formula is C6H8N4O. The van der Waals surface area contributed by atoms with Crippen LogP contribution in [0.4, 0.5) is 0 Å². The Bertz CT molecular complexity index is 245. The average molecular weight is 152 g/mol. The lowest BCUT2D eigenvalue weighted by Crippen LogP contribution is -2.39. The van der Waals surface area contributed by atoms with Crippen LogP contribution in [0.2, 0.25) is 0 Å². The highest BCUT2D eigenvalue weighted by Crippen LogP contribution is 2.12. The van der Waals surface area contributed by atoms with E-state index < -0.39 is 0 Å². The highest BCUT2D eigenvalue weighted by Gasteiger charge is 2.18. The van der Waals surface area contributed by atoms with E-state index in [1.54, 1.807) is 12.4 Å². The zero-order valence-corrected chi connectivity index (χ0v) is 5.88. The second-order valence-corrected chi connectivity index (χ2v) is 2.33. The molecule has 0 unspecified atom stereocenters. The fraction of sp³-hybridized carbons (Fsp3) is 0.333. The summed E-state index contributed by atoms with van der Waals surface area (Å²) in [6.45, 7) is 1.30. The molecule has 0 radical (unpaired) electrons. The fourth-order valence-electron chi connectivity index (χ4n) is 1.05. The Morgan fingerprint density at radius 3 is 3.27 bits per heavy atom. The van der Waals surface area contributed by atoms with Crippen LogP contribution in [-0.4, -0.2) is 40.9 Å². The van der Waals surface area contributed by atoms with E-state index in [1.807, 2.05) is 4.90 Å². The molecular weight excluding hydrogens is 144 g/mol. The second kappa shape index (κ2) is 2.35. The maximum Gasteiger partial charge on any atom is 0.155 e. The minimum Gasteiger partial charge on any atom is -0.330 e. The van der Waals surface area contributed by atoms with Crippen LogP contribution in [-0.2, 0) is 0 Å². The van der Waals surface area contributed by atoms with Gasteiger partial charge in [-0.05, 0) is 0 Å². The van der Waals surface area contributed by atoms with Crippen molar-refractivity contribution < 1.29 is 5.21 Å². The molecule has 2 aliphatic heterocycles. The quantitative estimate of drug-likeness (QED) is 0.525.